The molecule has 2 heterocycles. The minimum Gasteiger partial charge on any atom is -0.353 e. The predicted molar refractivity (Wildman–Crippen MR) is 71.5 cm³/mol. The zero-order valence-electron chi connectivity index (χ0n) is 11.3. The largest absolute Gasteiger partial charge is 0.353 e. The minimum absolute atomic E-state index is 0.145. The van der Waals surface area contributed by atoms with Crippen LogP contribution in [0, 0.1) is 6.92 Å². The Balaban J connectivity index is 2.46. The quantitative estimate of drug-likeness (QED) is 0.868. The molecular formula is C12H16F2N6. The van der Waals surface area contributed by atoms with Crippen LogP contribution in [0.5, 0.6) is 0 Å². The van der Waals surface area contributed by atoms with Crippen LogP contribution in [0.1, 0.15) is 17.8 Å². The number of aryl methyl sites for hydroxylation is 1. The normalized spacial score (nSPS) is 11.1. The van der Waals surface area contributed by atoms with Gasteiger partial charge >= 0.3 is 0 Å². The molecule has 0 aromatic carbocycles. The minimum atomic E-state index is -2.66. The molecule has 2 aromatic heterocycles. The summed E-state index contributed by atoms with van der Waals surface area (Å²) in [5.41, 5.74) is 7.01. The lowest BCUT2D eigenvalue weighted by atomic mass is 10.1. The summed E-state index contributed by atoms with van der Waals surface area (Å²) in [7, 11) is 1.78. The van der Waals surface area contributed by atoms with Crippen LogP contribution in [-0.4, -0.2) is 32.8 Å². The first-order valence-corrected chi connectivity index (χ1v) is 6.13. The number of nitrogens with two attached hydrogens (primary N) is 1. The van der Waals surface area contributed by atoms with E-state index in [9.17, 15) is 8.78 Å². The second-order valence-corrected chi connectivity index (χ2v) is 4.29. The van der Waals surface area contributed by atoms with Crippen molar-refractivity contribution in [2.75, 3.05) is 18.4 Å². The monoisotopic (exact) mass is 282 g/mol. The summed E-state index contributed by atoms with van der Waals surface area (Å²) in [6, 6.07) is 1.28. The molecule has 0 spiro atoms. The van der Waals surface area contributed by atoms with E-state index in [4.69, 9.17) is 5.73 Å². The number of nitrogens with one attached hydrogen (secondary N) is 1. The van der Waals surface area contributed by atoms with E-state index in [0.29, 0.717) is 24.3 Å². The Morgan fingerprint density at radius 2 is 2.15 bits per heavy atom. The number of alkyl halides is 2. The van der Waals surface area contributed by atoms with Crippen molar-refractivity contribution in [3.8, 4) is 11.3 Å². The molecule has 0 aliphatic heterocycles. The third-order valence-corrected chi connectivity index (χ3v) is 2.91. The van der Waals surface area contributed by atoms with Gasteiger partial charge in [0.15, 0.2) is 0 Å². The number of anilines is 1. The maximum Gasteiger partial charge on any atom is 0.280 e. The van der Waals surface area contributed by atoms with Gasteiger partial charge in [0.1, 0.15) is 5.69 Å². The zero-order chi connectivity index (χ0) is 14.7. The Kier molecular flexibility index (Phi) is 4.23. The topological polar surface area (TPSA) is 81.7 Å². The van der Waals surface area contributed by atoms with Crippen molar-refractivity contribution < 1.29 is 8.78 Å². The SMILES string of the molecule is Cc1c(-c2cc(C(F)F)nc(NCCN)n2)cnn1C. The molecule has 3 N–H and O–H groups in total. The molecule has 0 radical (unpaired) electrons. The summed E-state index contributed by atoms with van der Waals surface area (Å²) in [5.74, 6) is 0.145. The van der Waals surface area contributed by atoms with Gasteiger partial charge < -0.3 is 11.1 Å². The highest BCUT2D eigenvalue weighted by molar-refractivity contribution is 5.62. The van der Waals surface area contributed by atoms with Crippen LogP contribution < -0.4 is 11.1 Å². The molecular weight excluding hydrogens is 266 g/mol. The summed E-state index contributed by atoms with van der Waals surface area (Å²) in [6.07, 6.45) is -1.06. The van der Waals surface area contributed by atoms with Crippen molar-refractivity contribution in [2.24, 2.45) is 12.8 Å². The summed E-state index contributed by atoms with van der Waals surface area (Å²) in [5, 5.41) is 6.91. The smallest absolute Gasteiger partial charge is 0.280 e. The van der Waals surface area contributed by atoms with Crippen LogP contribution in [0.15, 0.2) is 12.3 Å². The molecule has 0 fully saturated rings. The average molecular weight is 282 g/mol. The van der Waals surface area contributed by atoms with E-state index in [1.807, 2.05) is 6.92 Å². The summed E-state index contributed by atoms with van der Waals surface area (Å²) in [6.45, 7) is 2.63. The fraction of sp³-hybridized carbons (Fsp3) is 0.417. The highest BCUT2D eigenvalue weighted by Crippen LogP contribution is 2.26. The van der Waals surface area contributed by atoms with E-state index < -0.39 is 6.43 Å². The van der Waals surface area contributed by atoms with E-state index in [0.717, 1.165) is 5.69 Å². The van der Waals surface area contributed by atoms with Gasteiger partial charge in [-0.2, -0.15) is 5.10 Å². The number of aromatic nitrogens is 4. The first-order valence-electron chi connectivity index (χ1n) is 6.13. The maximum atomic E-state index is 12.9. The average Bonchev–Trinajstić information content (AvgIpc) is 2.76. The van der Waals surface area contributed by atoms with Gasteiger partial charge in [-0.3, -0.25) is 4.68 Å². The molecule has 0 aliphatic rings. The van der Waals surface area contributed by atoms with Gasteiger partial charge in [0.25, 0.3) is 6.43 Å². The van der Waals surface area contributed by atoms with Gasteiger partial charge in [-0.25, -0.2) is 18.7 Å². The van der Waals surface area contributed by atoms with Crippen LogP contribution in [0.3, 0.4) is 0 Å². The van der Waals surface area contributed by atoms with E-state index in [1.54, 1.807) is 17.9 Å². The van der Waals surface area contributed by atoms with Gasteiger partial charge in [0.05, 0.1) is 11.9 Å². The Morgan fingerprint density at radius 1 is 1.40 bits per heavy atom. The fourth-order valence-electron chi connectivity index (χ4n) is 1.73. The zero-order valence-corrected chi connectivity index (χ0v) is 11.3. The lowest BCUT2D eigenvalue weighted by Gasteiger charge is -2.08. The van der Waals surface area contributed by atoms with Gasteiger partial charge in [-0.15, -0.1) is 0 Å². The second kappa shape index (κ2) is 5.91. The first kappa shape index (κ1) is 14.3. The molecule has 0 aliphatic carbocycles. The second-order valence-electron chi connectivity index (χ2n) is 4.29. The van der Waals surface area contributed by atoms with Crippen molar-refractivity contribution >= 4 is 5.95 Å². The molecule has 2 rings (SSSR count). The van der Waals surface area contributed by atoms with Crippen molar-refractivity contribution in [3.63, 3.8) is 0 Å². The summed E-state index contributed by atoms with van der Waals surface area (Å²) in [4.78, 5) is 8.01. The lowest BCUT2D eigenvalue weighted by Crippen LogP contribution is -2.15. The number of rotatable bonds is 5. The van der Waals surface area contributed by atoms with Crippen LogP contribution >= 0.6 is 0 Å². The van der Waals surface area contributed by atoms with E-state index in [-0.39, 0.29) is 11.6 Å². The van der Waals surface area contributed by atoms with Gasteiger partial charge in [-0.1, -0.05) is 0 Å². The number of halogens is 2. The maximum absolute atomic E-state index is 12.9. The van der Waals surface area contributed by atoms with Crippen molar-refractivity contribution in [3.05, 3.63) is 23.7 Å². The lowest BCUT2D eigenvalue weighted by molar-refractivity contribution is 0.146. The first-order chi connectivity index (χ1) is 9.52. The summed E-state index contributed by atoms with van der Waals surface area (Å²) < 4.78 is 27.5. The Labute approximate surface area is 115 Å². The Hall–Kier alpha value is -2.09. The van der Waals surface area contributed by atoms with E-state index in [1.165, 1.54) is 6.07 Å². The van der Waals surface area contributed by atoms with Crippen molar-refractivity contribution in [1.82, 2.24) is 19.7 Å². The number of nitrogens with zero attached hydrogens (tertiary/aromatic N) is 4. The molecule has 0 atom stereocenters. The number of hydrogen-bond donors (Lipinski definition) is 2. The molecule has 0 saturated heterocycles. The molecule has 0 unspecified atom stereocenters. The summed E-state index contributed by atoms with van der Waals surface area (Å²) >= 11 is 0. The van der Waals surface area contributed by atoms with Crippen LogP contribution in [0.2, 0.25) is 0 Å². The molecule has 0 bridgehead atoms. The van der Waals surface area contributed by atoms with E-state index >= 15 is 0 Å². The Bertz CT molecular complexity index is 596. The van der Waals surface area contributed by atoms with Gasteiger partial charge in [-0.05, 0) is 13.0 Å². The molecule has 108 valence electrons. The Morgan fingerprint density at radius 3 is 2.70 bits per heavy atom. The molecule has 0 saturated carbocycles. The fourth-order valence-corrected chi connectivity index (χ4v) is 1.73. The molecule has 6 nitrogen and oxygen atoms in total. The third-order valence-electron chi connectivity index (χ3n) is 2.91. The molecule has 0 amide bonds. The van der Waals surface area contributed by atoms with Crippen LogP contribution in [0.25, 0.3) is 11.3 Å². The van der Waals surface area contributed by atoms with Crippen LogP contribution in [0.4, 0.5) is 14.7 Å². The molecule has 2 aromatic rings. The highest BCUT2D eigenvalue weighted by Gasteiger charge is 2.16. The van der Waals surface area contributed by atoms with Gasteiger partial charge in [0, 0.05) is 31.4 Å². The number of hydrogen-bond acceptors (Lipinski definition) is 5. The van der Waals surface area contributed by atoms with Crippen molar-refractivity contribution in [2.45, 2.75) is 13.3 Å². The van der Waals surface area contributed by atoms with Gasteiger partial charge in [0.2, 0.25) is 5.95 Å². The van der Waals surface area contributed by atoms with E-state index in [2.05, 4.69) is 20.4 Å². The predicted octanol–water partition coefficient (Wildman–Crippen LogP) is 1.49. The molecule has 20 heavy (non-hydrogen) atoms. The molecule has 8 heteroatoms. The third kappa shape index (κ3) is 2.90. The van der Waals surface area contributed by atoms with Crippen LogP contribution in [-0.2, 0) is 7.05 Å². The van der Waals surface area contributed by atoms with Crippen molar-refractivity contribution in [1.29, 1.82) is 0 Å². The highest BCUT2D eigenvalue weighted by atomic mass is 19.3. The standard InChI is InChI=1S/C12H16F2N6/c1-7-8(6-17-20(7)2)9-5-10(11(13)14)19-12(18-9)16-4-3-15/h5-6,11H,3-4,15H2,1-2H3,(H,16,18,19).